The SMILES string of the molecule is CCOOC.[Nb]. The van der Waals surface area contributed by atoms with E-state index in [1.54, 1.807) is 0 Å². The van der Waals surface area contributed by atoms with E-state index in [9.17, 15) is 0 Å². The van der Waals surface area contributed by atoms with E-state index in [-0.39, 0.29) is 22.4 Å². The molecule has 0 saturated carbocycles. The van der Waals surface area contributed by atoms with E-state index >= 15 is 0 Å². The van der Waals surface area contributed by atoms with Crippen molar-refractivity contribution in [3.63, 3.8) is 0 Å². The van der Waals surface area contributed by atoms with Crippen LogP contribution in [0.1, 0.15) is 6.92 Å². The minimum atomic E-state index is 0. The predicted molar refractivity (Wildman–Crippen MR) is 18.6 cm³/mol. The summed E-state index contributed by atoms with van der Waals surface area (Å²) < 4.78 is 0. The molecule has 0 N–H and O–H groups in total. The first-order valence-corrected chi connectivity index (χ1v) is 1.57. The fourth-order valence-electron chi connectivity index (χ4n) is 0.118. The van der Waals surface area contributed by atoms with Crippen LogP contribution in [0.5, 0.6) is 0 Å². The molecular weight excluding hydrogens is 161 g/mol. The van der Waals surface area contributed by atoms with Gasteiger partial charge in [-0.15, -0.1) is 0 Å². The Hall–Kier alpha value is 0.660. The maximum Gasteiger partial charge on any atom is 0.0794 e. The van der Waals surface area contributed by atoms with Gasteiger partial charge in [0.1, 0.15) is 0 Å². The van der Waals surface area contributed by atoms with Gasteiger partial charge >= 0.3 is 0 Å². The van der Waals surface area contributed by atoms with Gasteiger partial charge in [0, 0.05) is 22.4 Å². The molecule has 1 radical (unpaired) electrons. The van der Waals surface area contributed by atoms with Crippen molar-refractivity contribution in [3.05, 3.63) is 0 Å². The van der Waals surface area contributed by atoms with Crippen LogP contribution in [0, 0.1) is 0 Å². The van der Waals surface area contributed by atoms with Crippen LogP contribution >= 0.6 is 0 Å². The van der Waals surface area contributed by atoms with Gasteiger partial charge in [0.15, 0.2) is 0 Å². The minimum Gasteiger partial charge on any atom is -0.240 e. The normalized spacial score (nSPS) is 7.00. The molecular formula is C3H8NbO2. The van der Waals surface area contributed by atoms with Crippen LogP contribution in [-0.2, 0) is 32.2 Å². The molecule has 0 aromatic carbocycles. The van der Waals surface area contributed by atoms with Crippen molar-refractivity contribution < 1.29 is 32.2 Å². The monoisotopic (exact) mass is 169 g/mol. The summed E-state index contributed by atoms with van der Waals surface area (Å²) in [6, 6.07) is 0. The molecule has 0 amide bonds. The van der Waals surface area contributed by atoms with Gasteiger partial charge in [0.25, 0.3) is 0 Å². The van der Waals surface area contributed by atoms with E-state index < -0.39 is 0 Å². The second-order valence-corrected chi connectivity index (χ2v) is 0.573. The summed E-state index contributed by atoms with van der Waals surface area (Å²) in [6.45, 7) is 2.49. The third-order valence-electron chi connectivity index (χ3n) is 0.236. The van der Waals surface area contributed by atoms with Crippen LogP contribution in [0.2, 0.25) is 0 Å². The molecule has 0 spiro atoms. The van der Waals surface area contributed by atoms with Crippen molar-refractivity contribution in [3.8, 4) is 0 Å². The van der Waals surface area contributed by atoms with Gasteiger partial charge in [0.2, 0.25) is 0 Å². The number of hydrogen-bond acceptors (Lipinski definition) is 2. The predicted octanol–water partition coefficient (Wildman–Crippen LogP) is 0.582. The molecule has 0 aliphatic rings. The van der Waals surface area contributed by atoms with Gasteiger partial charge in [-0.1, -0.05) is 0 Å². The Labute approximate surface area is 53.3 Å². The molecule has 0 aromatic rings. The first-order chi connectivity index (χ1) is 2.41. The molecule has 0 bridgehead atoms. The number of hydrogen-bond donors (Lipinski definition) is 0. The molecule has 0 rings (SSSR count). The molecule has 37 valence electrons. The zero-order chi connectivity index (χ0) is 4.12. The van der Waals surface area contributed by atoms with Crippen LogP contribution in [0.25, 0.3) is 0 Å². The summed E-state index contributed by atoms with van der Waals surface area (Å²) in [5, 5.41) is 0. The first-order valence-electron chi connectivity index (χ1n) is 1.57. The average Bonchev–Trinajstić information content (AvgIpc) is 1.41. The van der Waals surface area contributed by atoms with Gasteiger partial charge in [0.05, 0.1) is 13.7 Å². The Morgan fingerprint density at radius 1 is 1.50 bits per heavy atom. The first kappa shape index (κ1) is 9.83. The van der Waals surface area contributed by atoms with E-state index in [0.29, 0.717) is 6.61 Å². The van der Waals surface area contributed by atoms with Crippen LogP contribution in [0.4, 0.5) is 0 Å². The summed E-state index contributed by atoms with van der Waals surface area (Å²) in [6.07, 6.45) is 0. The minimum absolute atomic E-state index is 0. The standard InChI is InChI=1S/C3H8O2.Nb/c1-3-5-4-2;/h3H2,1-2H3;. The second kappa shape index (κ2) is 9.18. The molecule has 0 unspecified atom stereocenters. The van der Waals surface area contributed by atoms with Crippen molar-refractivity contribution in [2.75, 3.05) is 13.7 Å². The molecule has 3 heteroatoms. The maximum atomic E-state index is 4.33. The van der Waals surface area contributed by atoms with E-state index in [0.717, 1.165) is 0 Å². The summed E-state index contributed by atoms with van der Waals surface area (Å²) in [5.41, 5.74) is 0. The van der Waals surface area contributed by atoms with Gasteiger partial charge in [-0.2, -0.15) is 0 Å². The van der Waals surface area contributed by atoms with Gasteiger partial charge in [-0.3, -0.25) is 0 Å². The molecule has 0 atom stereocenters. The fourth-order valence-corrected chi connectivity index (χ4v) is 0.118. The van der Waals surface area contributed by atoms with Gasteiger partial charge < -0.3 is 0 Å². The Balaban J connectivity index is 0. The van der Waals surface area contributed by atoms with Crippen LogP contribution in [-0.4, -0.2) is 13.7 Å². The van der Waals surface area contributed by atoms with E-state index in [1.807, 2.05) is 6.92 Å². The third kappa shape index (κ3) is 8.82. The Morgan fingerprint density at radius 3 is 2.00 bits per heavy atom. The van der Waals surface area contributed by atoms with Crippen molar-refractivity contribution in [2.24, 2.45) is 0 Å². The molecule has 0 heterocycles. The van der Waals surface area contributed by atoms with E-state index in [2.05, 4.69) is 9.78 Å². The van der Waals surface area contributed by atoms with Crippen molar-refractivity contribution in [2.45, 2.75) is 6.92 Å². The molecule has 2 nitrogen and oxygen atoms in total. The van der Waals surface area contributed by atoms with Gasteiger partial charge in [-0.25, -0.2) is 9.78 Å². The Bertz CT molecular complexity index is 16.3. The van der Waals surface area contributed by atoms with Crippen LogP contribution < -0.4 is 0 Å². The van der Waals surface area contributed by atoms with Crippen molar-refractivity contribution >= 4 is 0 Å². The summed E-state index contributed by atoms with van der Waals surface area (Å²) in [4.78, 5) is 8.52. The quantitative estimate of drug-likeness (QED) is 0.342. The molecule has 0 saturated heterocycles. The Kier molecular flexibility index (Phi) is 15.0. The average molecular weight is 169 g/mol. The third-order valence-corrected chi connectivity index (χ3v) is 0.236. The van der Waals surface area contributed by atoms with Crippen LogP contribution in [0.15, 0.2) is 0 Å². The van der Waals surface area contributed by atoms with Crippen molar-refractivity contribution in [1.29, 1.82) is 0 Å². The summed E-state index contributed by atoms with van der Waals surface area (Å²) in [7, 11) is 1.49. The zero-order valence-electron chi connectivity index (χ0n) is 3.97. The van der Waals surface area contributed by atoms with Gasteiger partial charge in [-0.05, 0) is 6.92 Å². The fraction of sp³-hybridized carbons (Fsp3) is 1.00. The van der Waals surface area contributed by atoms with E-state index in [1.165, 1.54) is 7.11 Å². The summed E-state index contributed by atoms with van der Waals surface area (Å²) in [5.74, 6) is 0. The molecule has 0 aliphatic carbocycles. The smallest absolute Gasteiger partial charge is 0.0794 e. The molecule has 0 aliphatic heterocycles. The largest absolute Gasteiger partial charge is 0.240 e. The van der Waals surface area contributed by atoms with Crippen molar-refractivity contribution in [1.82, 2.24) is 0 Å². The van der Waals surface area contributed by atoms with Crippen LogP contribution in [0.3, 0.4) is 0 Å². The topological polar surface area (TPSA) is 18.5 Å². The molecule has 0 aromatic heterocycles. The number of rotatable bonds is 2. The maximum absolute atomic E-state index is 4.33. The second-order valence-electron chi connectivity index (χ2n) is 0.573. The molecule has 6 heavy (non-hydrogen) atoms. The Morgan fingerprint density at radius 2 is 2.00 bits per heavy atom. The zero-order valence-corrected chi connectivity index (χ0v) is 6.17. The molecule has 0 fully saturated rings. The summed E-state index contributed by atoms with van der Waals surface area (Å²) >= 11 is 0. The van der Waals surface area contributed by atoms with E-state index in [4.69, 9.17) is 0 Å².